The van der Waals surface area contributed by atoms with E-state index in [0.717, 1.165) is 32.7 Å². The van der Waals surface area contributed by atoms with Crippen molar-refractivity contribution >= 4 is 0 Å². The number of nitrogens with zero attached hydrogens (tertiary/aromatic N) is 2. The van der Waals surface area contributed by atoms with Gasteiger partial charge in [0.25, 0.3) is 0 Å². The number of nitrogens with one attached hydrogen (secondary N) is 1. The van der Waals surface area contributed by atoms with Gasteiger partial charge in [-0.2, -0.15) is 5.10 Å². The molecule has 2 rings (SSSR count). The molecule has 1 aromatic rings. The van der Waals surface area contributed by atoms with E-state index in [1.165, 1.54) is 18.4 Å². The third-order valence-electron chi connectivity index (χ3n) is 2.92. The summed E-state index contributed by atoms with van der Waals surface area (Å²) in [6.07, 6.45) is 7.60. The van der Waals surface area contributed by atoms with Gasteiger partial charge in [0.15, 0.2) is 0 Å². The third kappa shape index (κ3) is 3.06. The van der Waals surface area contributed by atoms with Crippen LogP contribution in [-0.2, 0) is 11.3 Å². The van der Waals surface area contributed by atoms with Crippen LogP contribution in [0.1, 0.15) is 37.8 Å². The molecule has 0 aromatic carbocycles. The number of hydrogen-bond acceptors (Lipinski definition) is 3. The predicted octanol–water partition coefficient (Wildman–Crippen LogP) is 1.73. The average molecular weight is 223 g/mol. The lowest BCUT2D eigenvalue weighted by molar-refractivity contribution is 0.0549. The highest BCUT2D eigenvalue weighted by molar-refractivity contribution is 5.04. The summed E-state index contributed by atoms with van der Waals surface area (Å²) in [7, 11) is 0. The van der Waals surface area contributed by atoms with Crippen molar-refractivity contribution in [3.8, 4) is 0 Å². The van der Waals surface area contributed by atoms with Crippen molar-refractivity contribution in [2.45, 2.75) is 38.8 Å². The van der Waals surface area contributed by atoms with E-state index >= 15 is 0 Å². The van der Waals surface area contributed by atoms with E-state index in [4.69, 9.17) is 4.74 Å². The van der Waals surface area contributed by atoms with Gasteiger partial charge in [-0.05, 0) is 25.8 Å². The summed E-state index contributed by atoms with van der Waals surface area (Å²) in [5.74, 6) is 0. The molecule has 1 fully saturated rings. The van der Waals surface area contributed by atoms with E-state index in [9.17, 15) is 0 Å². The molecule has 0 amide bonds. The fraction of sp³-hybridized carbons (Fsp3) is 0.750. The number of aromatic nitrogens is 2. The molecule has 0 aliphatic carbocycles. The fourth-order valence-corrected chi connectivity index (χ4v) is 2.01. The summed E-state index contributed by atoms with van der Waals surface area (Å²) in [6.45, 7) is 5.88. The van der Waals surface area contributed by atoms with Crippen LogP contribution >= 0.6 is 0 Å². The van der Waals surface area contributed by atoms with Gasteiger partial charge in [0.1, 0.15) is 0 Å². The van der Waals surface area contributed by atoms with E-state index in [1.54, 1.807) is 0 Å². The lowest BCUT2D eigenvalue weighted by Crippen LogP contribution is -2.21. The number of hydrogen-bond donors (Lipinski definition) is 1. The van der Waals surface area contributed by atoms with Crippen LogP contribution in [0.15, 0.2) is 12.4 Å². The molecular weight excluding hydrogens is 202 g/mol. The van der Waals surface area contributed by atoms with Gasteiger partial charge in [0, 0.05) is 24.9 Å². The maximum atomic E-state index is 5.47. The van der Waals surface area contributed by atoms with Crippen LogP contribution in [0.5, 0.6) is 0 Å². The van der Waals surface area contributed by atoms with Gasteiger partial charge in [0.2, 0.25) is 0 Å². The van der Waals surface area contributed by atoms with Crippen LogP contribution < -0.4 is 5.32 Å². The number of rotatable bonds is 5. The molecule has 90 valence electrons. The summed E-state index contributed by atoms with van der Waals surface area (Å²) in [5.41, 5.74) is 1.26. The predicted molar refractivity (Wildman–Crippen MR) is 63.3 cm³/mol. The minimum atomic E-state index is 0.439. The molecule has 4 nitrogen and oxygen atoms in total. The molecule has 2 heterocycles. The van der Waals surface area contributed by atoms with Gasteiger partial charge < -0.3 is 10.1 Å². The average Bonchev–Trinajstić information content (AvgIpc) is 2.79. The van der Waals surface area contributed by atoms with E-state index < -0.39 is 0 Å². The van der Waals surface area contributed by atoms with Crippen LogP contribution in [0, 0.1) is 0 Å². The highest BCUT2D eigenvalue weighted by Gasteiger charge is 2.16. The first-order valence-electron chi connectivity index (χ1n) is 6.21. The van der Waals surface area contributed by atoms with Gasteiger partial charge in [-0.1, -0.05) is 6.92 Å². The van der Waals surface area contributed by atoms with Gasteiger partial charge in [-0.3, -0.25) is 4.68 Å². The molecule has 1 atom stereocenters. The van der Waals surface area contributed by atoms with Crippen molar-refractivity contribution in [2.24, 2.45) is 0 Å². The molecular formula is C12H21N3O. The summed E-state index contributed by atoms with van der Waals surface area (Å²) < 4.78 is 7.53. The first kappa shape index (κ1) is 11.6. The van der Waals surface area contributed by atoms with E-state index in [1.807, 2.05) is 6.20 Å². The molecule has 1 saturated heterocycles. The molecule has 0 saturated carbocycles. The Balaban J connectivity index is 1.85. The second kappa shape index (κ2) is 6.01. The highest BCUT2D eigenvalue weighted by Crippen LogP contribution is 2.18. The van der Waals surface area contributed by atoms with Crippen LogP contribution in [0.2, 0.25) is 0 Å². The van der Waals surface area contributed by atoms with Crippen LogP contribution in [0.4, 0.5) is 0 Å². The zero-order valence-electron chi connectivity index (χ0n) is 9.98. The number of ether oxygens (including phenoxy) is 1. The van der Waals surface area contributed by atoms with Crippen LogP contribution in [0.3, 0.4) is 0 Å². The third-order valence-corrected chi connectivity index (χ3v) is 2.92. The fourth-order valence-electron chi connectivity index (χ4n) is 2.01. The zero-order chi connectivity index (χ0) is 11.2. The molecule has 0 radical (unpaired) electrons. The first-order valence-corrected chi connectivity index (χ1v) is 6.21. The molecule has 16 heavy (non-hydrogen) atoms. The molecule has 1 unspecified atom stereocenters. The smallest absolute Gasteiger partial charge is 0.0753 e. The van der Waals surface area contributed by atoms with E-state index in [0.29, 0.717) is 6.04 Å². The van der Waals surface area contributed by atoms with Crippen molar-refractivity contribution in [1.29, 1.82) is 0 Å². The largest absolute Gasteiger partial charge is 0.379 e. The molecule has 1 aliphatic rings. The maximum absolute atomic E-state index is 5.47. The Morgan fingerprint density at radius 2 is 2.56 bits per heavy atom. The second-order valence-electron chi connectivity index (χ2n) is 4.38. The Bertz CT molecular complexity index is 305. The second-order valence-corrected chi connectivity index (χ2v) is 4.38. The Morgan fingerprint density at radius 1 is 1.62 bits per heavy atom. The minimum Gasteiger partial charge on any atom is -0.379 e. The van der Waals surface area contributed by atoms with Gasteiger partial charge in [-0.25, -0.2) is 0 Å². The maximum Gasteiger partial charge on any atom is 0.0753 e. The lowest BCUT2D eigenvalue weighted by atomic mass is 10.1. The molecule has 1 aliphatic heterocycles. The van der Waals surface area contributed by atoms with Crippen LogP contribution in [-0.4, -0.2) is 29.5 Å². The standard InChI is InChI=1S/C12H21N3O/c1-2-5-13-7-11-8-14-15(9-11)12-4-3-6-16-10-12/h8-9,12-13H,2-7,10H2,1H3. The summed E-state index contributed by atoms with van der Waals surface area (Å²) in [4.78, 5) is 0. The molecule has 1 N–H and O–H groups in total. The van der Waals surface area contributed by atoms with Crippen molar-refractivity contribution in [3.05, 3.63) is 18.0 Å². The van der Waals surface area contributed by atoms with Gasteiger partial charge in [0.05, 0.1) is 18.8 Å². The van der Waals surface area contributed by atoms with Gasteiger partial charge in [-0.15, -0.1) is 0 Å². The monoisotopic (exact) mass is 223 g/mol. The minimum absolute atomic E-state index is 0.439. The Morgan fingerprint density at radius 3 is 3.31 bits per heavy atom. The van der Waals surface area contributed by atoms with Gasteiger partial charge >= 0.3 is 0 Å². The van der Waals surface area contributed by atoms with Crippen LogP contribution in [0.25, 0.3) is 0 Å². The SMILES string of the molecule is CCCNCc1cnn(C2CCCOC2)c1. The topological polar surface area (TPSA) is 39.1 Å². The van der Waals surface area contributed by atoms with E-state index in [2.05, 4.69) is 28.2 Å². The van der Waals surface area contributed by atoms with Crippen molar-refractivity contribution < 1.29 is 4.74 Å². The lowest BCUT2D eigenvalue weighted by Gasteiger charge is -2.22. The first-order chi connectivity index (χ1) is 7.90. The Hall–Kier alpha value is -0.870. The quantitative estimate of drug-likeness (QED) is 0.773. The highest BCUT2D eigenvalue weighted by atomic mass is 16.5. The van der Waals surface area contributed by atoms with Crippen molar-refractivity contribution in [3.63, 3.8) is 0 Å². The summed E-state index contributed by atoms with van der Waals surface area (Å²) in [5, 5.41) is 7.80. The zero-order valence-corrected chi connectivity index (χ0v) is 9.98. The molecule has 1 aromatic heterocycles. The summed E-state index contributed by atoms with van der Waals surface area (Å²) in [6, 6.07) is 0.439. The van der Waals surface area contributed by atoms with Crippen molar-refractivity contribution in [1.82, 2.24) is 15.1 Å². The molecule has 4 heteroatoms. The normalized spacial score (nSPS) is 21.2. The Labute approximate surface area is 97.0 Å². The van der Waals surface area contributed by atoms with Crippen molar-refractivity contribution in [2.75, 3.05) is 19.8 Å². The molecule has 0 spiro atoms. The molecule has 0 bridgehead atoms. The van der Waals surface area contributed by atoms with E-state index in [-0.39, 0.29) is 0 Å². The Kier molecular flexibility index (Phi) is 4.36. The summed E-state index contributed by atoms with van der Waals surface area (Å²) >= 11 is 0.